The minimum Gasteiger partial charge on any atom is -0.497 e. The van der Waals surface area contributed by atoms with E-state index in [1.807, 2.05) is 12.1 Å². The molecule has 1 aromatic carbocycles. The lowest BCUT2D eigenvalue weighted by atomic mass is 9.98. The van der Waals surface area contributed by atoms with Crippen molar-refractivity contribution >= 4 is 11.4 Å². The molecule has 2 rings (SSSR count). The van der Waals surface area contributed by atoms with Gasteiger partial charge in [0.25, 0.3) is 0 Å². The van der Waals surface area contributed by atoms with Gasteiger partial charge in [-0.15, -0.1) is 0 Å². The summed E-state index contributed by atoms with van der Waals surface area (Å²) < 4.78 is 5.21. The SMILES string of the molecule is COc1ccc2c(c1)NCC(C)(C)N2C. The monoisotopic (exact) mass is 206 g/mol. The van der Waals surface area contributed by atoms with E-state index in [-0.39, 0.29) is 5.54 Å². The maximum atomic E-state index is 5.21. The molecular formula is C12H18N2O. The van der Waals surface area contributed by atoms with Crippen molar-refractivity contribution in [3.63, 3.8) is 0 Å². The number of ether oxygens (including phenoxy) is 1. The van der Waals surface area contributed by atoms with Crippen molar-refractivity contribution in [3.8, 4) is 5.75 Å². The van der Waals surface area contributed by atoms with Gasteiger partial charge in [-0.1, -0.05) is 0 Å². The number of fused-ring (bicyclic) bond motifs is 1. The third-order valence-corrected chi connectivity index (χ3v) is 3.18. The maximum Gasteiger partial charge on any atom is 0.121 e. The van der Waals surface area contributed by atoms with Crippen LogP contribution in [0.3, 0.4) is 0 Å². The molecule has 0 unspecified atom stereocenters. The molecule has 0 radical (unpaired) electrons. The van der Waals surface area contributed by atoms with Crippen LogP contribution in [0.4, 0.5) is 11.4 Å². The summed E-state index contributed by atoms with van der Waals surface area (Å²) in [5.41, 5.74) is 2.53. The fourth-order valence-electron chi connectivity index (χ4n) is 1.83. The van der Waals surface area contributed by atoms with E-state index in [2.05, 4.69) is 37.2 Å². The van der Waals surface area contributed by atoms with Crippen LogP contribution in [0.25, 0.3) is 0 Å². The first-order valence-corrected chi connectivity index (χ1v) is 5.20. The summed E-state index contributed by atoms with van der Waals surface area (Å²) in [7, 11) is 3.82. The van der Waals surface area contributed by atoms with E-state index in [0.717, 1.165) is 18.0 Å². The van der Waals surface area contributed by atoms with E-state index in [1.54, 1.807) is 7.11 Å². The van der Waals surface area contributed by atoms with Crippen LogP contribution in [0.5, 0.6) is 5.75 Å². The van der Waals surface area contributed by atoms with Crippen LogP contribution in [0.1, 0.15) is 13.8 Å². The lowest BCUT2D eigenvalue weighted by Gasteiger charge is -2.43. The molecule has 15 heavy (non-hydrogen) atoms. The van der Waals surface area contributed by atoms with E-state index >= 15 is 0 Å². The fraction of sp³-hybridized carbons (Fsp3) is 0.500. The molecule has 1 heterocycles. The van der Waals surface area contributed by atoms with E-state index in [9.17, 15) is 0 Å². The summed E-state index contributed by atoms with van der Waals surface area (Å²) in [5, 5.41) is 3.44. The van der Waals surface area contributed by atoms with Crippen molar-refractivity contribution in [2.45, 2.75) is 19.4 Å². The van der Waals surface area contributed by atoms with Gasteiger partial charge in [-0.2, -0.15) is 0 Å². The number of methoxy groups -OCH3 is 1. The predicted molar refractivity (Wildman–Crippen MR) is 64.0 cm³/mol. The molecule has 0 fully saturated rings. The number of anilines is 2. The highest BCUT2D eigenvalue weighted by Gasteiger charge is 2.29. The smallest absolute Gasteiger partial charge is 0.121 e. The second-order valence-corrected chi connectivity index (χ2v) is 4.61. The van der Waals surface area contributed by atoms with Crippen molar-refractivity contribution in [1.82, 2.24) is 0 Å². The fourth-order valence-corrected chi connectivity index (χ4v) is 1.83. The van der Waals surface area contributed by atoms with Crippen LogP contribution in [-0.2, 0) is 0 Å². The third kappa shape index (κ3) is 1.62. The average Bonchev–Trinajstić information content (AvgIpc) is 2.23. The number of rotatable bonds is 1. The zero-order valence-electron chi connectivity index (χ0n) is 9.79. The normalized spacial score (nSPS) is 18.0. The Hall–Kier alpha value is -1.38. The molecule has 1 aliphatic rings. The Labute approximate surface area is 91.0 Å². The molecule has 1 aromatic rings. The maximum absolute atomic E-state index is 5.21. The summed E-state index contributed by atoms with van der Waals surface area (Å²) in [6.45, 7) is 5.41. The quantitative estimate of drug-likeness (QED) is 0.763. The van der Waals surface area contributed by atoms with Gasteiger partial charge in [-0.3, -0.25) is 0 Å². The number of hydrogen-bond donors (Lipinski definition) is 1. The first-order chi connectivity index (χ1) is 7.04. The van der Waals surface area contributed by atoms with E-state index in [1.165, 1.54) is 5.69 Å². The summed E-state index contributed by atoms with van der Waals surface area (Å²) in [5.74, 6) is 0.898. The van der Waals surface area contributed by atoms with Gasteiger partial charge in [0.1, 0.15) is 5.75 Å². The largest absolute Gasteiger partial charge is 0.497 e. The number of likely N-dealkylation sites (N-methyl/N-ethyl adjacent to an activating group) is 1. The van der Waals surface area contributed by atoms with Crippen molar-refractivity contribution < 1.29 is 4.74 Å². The Morgan fingerprint density at radius 3 is 2.80 bits per heavy atom. The highest BCUT2D eigenvalue weighted by molar-refractivity contribution is 5.75. The topological polar surface area (TPSA) is 24.5 Å². The number of nitrogens with one attached hydrogen (secondary N) is 1. The van der Waals surface area contributed by atoms with E-state index in [0.29, 0.717) is 0 Å². The van der Waals surface area contributed by atoms with Crippen molar-refractivity contribution in [3.05, 3.63) is 18.2 Å². The van der Waals surface area contributed by atoms with Crippen LogP contribution in [0.15, 0.2) is 18.2 Å². The number of nitrogens with zero attached hydrogens (tertiary/aromatic N) is 1. The van der Waals surface area contributed by atoms with E-state index in [4.69, 9.17) is 4.74 Å². The molecule has 0 amide bonds. The lowest BCUT2D eigenvalue weighted by molar-refractivity contribution is 0.414. The van der Waals surface area contributed by atoms with Crippen LogP contribution in [-0.4, -0.2) is 26.2 Å². The minimum atomic E-state index is 0.154. The Balaban J connectivity index is 2.42. The van der Waals surface area contributed by atoms with E-state index < -0.39 is 0 Å². The van der Waals surface area contributed by atoms with Crippen LogP contribution < -0.4 is 15.0 Å². The van der Waals surface area contributed by atoms with Crippen molar-refractivity contribution in [1.29, 1.82) is 0 Å². The Morgan fingerprint density at radius 1 is 1.40 bits per heavy atom. The molecular weight excluding hydrogens is 188 g/mol. The summed E-state index contributed by atoms with van der Waals surface area (Å²) in [6, 6.07) is 6.14. The molecule has 1 aliphatic heterocycles. The average molecular weight is 206 g/mol. The van der Waals surface area contributed by atoms with Crippen molar-refractivity contribution in [2.75, 3.05) is 30.9 Å². The zero-order valence-corrected chi connectivity index (χ0v) is 9.79. The molecule has 0 spiro atoms. The molecule has 0 bridgehead atoms. The predicted octanol–water partition coefficient (Wildman–Crippen LogP) is 2.34. The number of benzene rings is 1. The molecule has 3 heteroatoms. The van der Waals surface area contributed by atoms with Gasteiger partial charge >= 0.3 is 0 Å². The van der Waals surface area contributed by atoms with Gasteiger partial charge in [0.2, 0.25) is 0 Å². The van der Waals surface area contributed by atoms with Crippen molar-refractivity contribution in [2.24, 2.45) is 0 Å². The molecule has 0 aromatic heterocycles. The Morgan fingerprint density at radius 2 is 2.13 bits per heavy atom. The summed E-state index contributed by atoms with van der Waals surface area (Å²) in [4.78, 5) is 2.30. The lowest BCUT2D eigenvalue weighted by Crippen LogP contribution is -2.49. The minimum absolute atomic E-state index is 0.154. The second kappa shape index (κ2) is 3.33. The standard InChI is InChI=1S/C12H18N2O/c1-12(2)8-13-10-7-9(15-4)5-6-11(10)14(12)3/h5-7,13H,8H2,1-4H3. The molecule has 82 valence electrons. The Kier molecular flexibility index (Phi) is 2.25. The van der Waals surface area contributed by atoms with Gasteiger partial charge in [0.15, 0.2) is 0 Å². The zero-order chi connectivity index (χ0) is 11.1. The van der Waals surface area contributed by atoms with Gasteiger partial charge in [0.05, 0.1) is 24.0 Å². The van der Waals surface area contributed by atoms with Gasteiger partial charge in [-0.25, -0.2) is 0 Å². The summed E-state index contributed by atoms with van der Waals surface area (Å²) >= 11 is 0. The molecule has 1 N–H and O–H groups in total. The Bertz CT molecular complexity index is 374. The third-order valence-electron chi connectivity index (χ3n) is 3.18. The van der Waals surface area contributed by atoms with Crippen LogP contribution in [0.2, 0.25) is 0 Å². The molecule has 0 saturated carbocycles. The first-order valence-electron chi connectivity index (χ1n) is 5.20. The van der Waals surface area contributed by atoms with Gasteiger partial charge < -0.3 is 15.0 Å². The first kappa shape index (κ1) is 10.1. The van der Waals surface area contributed by atoms with Gasteiger partial charge in [0, 0.05) is 19.7 Å². The molecule has 0 atom stereocenters. The highest BCUT2D eigenvalue weighted by Crippen LogP contribution is 2.36. The van der Waals surface area contributed by atoms with Crippen LogP contribution >= 0.6 is 0 Å². The van der Waals surface area contributed by atoms with Gasteiger partial charge in [-0.05, 0) is 26.0 Å². The summed E-state index contributed by atoms with van der Waals surface area (Å²) in [6.07, 6.45) is 0. The van der Waals surface area contributed by atoms with Crippen LogP contribution in [0, 0.1) is 0 Å². The molecule has 0 saturated heterocycles. The molecule has 0 aliphatic carbocycles. The number of hydrogen-bond acceptors (Lipinski definition) is 3. The highest BCUT2D eigenvalue weighted by atomic mass is 16.5. The second-order valence-electron chi connectivity index (χ2n) is 4.61. The molecule has 3 nitrogen and oxygen atoms in total.